The number of esters is 2. The van der Waals surface area contributed by atoms with Gasteiger partial charge >= 0.3 is 11.9 Å². The minimum absolute atomic E-state index is 0.135. The van der Waals surface area contributed by atoms with Gasteiger partial charge in [-0.05, 0) is 99.0 Å². The zero-order valence-corrected chi connectivity index (χ0v) is 25.2. The molecule has 0 aromatic heterocycles. The summed E-state index contributed by atoms with van der Waals surface area (Å²) < 4.78 is 16.8. The van der Waals surface area contributed by atoms with E-state index in [2.05, 4.69) is 24.1 Å². The van der Waals surface area contributed by atoms with Crippen molar-refractivity contribution in [3.63, 3.8) is 0 Å². The highest BCUT2D eigenvalue weighted by Gasteiger charge is 2.13. The molecule has 0 fully saturated rings. The van der Waals surface area contributed by atoms with Gasteiger partial charge in [-0.25, -0.2) is 9.59 Å². The predicted octanol–water partition coefficient (Wildman–Crippen LogP) is 10.2. The molecule has 0 bridgehead atoms. The Labute approximate surface area is 250 Å². The Morgan fingerprint density at radius 1 is 0.619 bits per heavy atom. The van der Waals surface area contributed by atoms with E-state index in [1.54, 1.807) is 48.5 Å². The number of rotatable bonds is 18. The molecule has 0 heterocycles. The number of carbonyl (C=O) groups excluding carboxylic acids is 2. The fourth-order valence-corrected chi connectivity index (χ4v) is 4.28. The second-order valence-electron chi connectivity index (χ2n) is 10.5. The molecule has 0 amide bonds. The van der Waals surface area contributed by atoms with Crippen molar-refractivity contribution in [1.29, 1.82) is 0 Å². The van der Waals surface area contributed by atoms with Crippen LogP contribution in [0.5, 0.6) is 11.5 Å². The van der Waals surface area contributed by atoms with Crippen LogP contribution in [0.4, 0.5) is 11.4 Å². The molecule has 224 valence electrons. The van der Waals surface area contributed by atoms with Gasteiger partial charge in [-0.3, -0.25) is 0 Å². The Balaban J connectivity index is 1.43. The summed E-state index contributed by atoms with van der Waals surface area (Å²) >= 11 is 0. The lowest BCUT2D eigenvalue weighted by Crippen LogP contribution is -2.15. The van der Waals surface area contributed by atoms with Crippen LogP contribution in [0, 0.1) is 0 Å². The Morgan fingerprint density at radius 3 is 1.74 bits per heavy atom. The second kappa shape index (κ2) is 18.4. The number of benzene rings is 3. The normalized spacial score (nSPS) is 11.8. The van der Waals surface area contributed by atoms with Crippen molar-refractivity contribution in [2.45, 2.75) is 91.1 Å². The van der Waals surface area contributed by atoms with E-state index >= 15 is 0 Å². The van der Waals surface area contributed by atoms with Crippen molar-refractivity contribution in [3.05, 3.63) is 83.9 Å². The Hall–Kier alpha value is -4.00. The number of hydrogen-bond donors (Lipinski definition) is 0. The van der Waals surface area contributed by atoms with Gasteiger partial charge in [-0.2, -0.15) is 10.2 Å². The van der Waals surface area contributed by atoms with Crippen LogP contribution in [-0.4, -0.2) is 24.6 Å². The van der Waals surface area contributed by atoms with Gasteiger partial charge in [0.2, 0.25) is 0 Å². The summed E-state index contributed by atoms with van der Waals surface area (Å²) in [5.74, 6) is 0.287. The zero-order chi connectivity index (χ0) is 30.0. The van der Waals surface area contributed by atoms with Crippen LogP contribution in [0.3, 0.4) is 0 Å². The van der Waals surface area contributed by atoms with Gasteiger partial charge in [-0.15, -0.1) is 0 Å². The first-order valence-corrected chi connectivity index (χ1v) is 15.3. The summed E-state index contributed by atoms with van der Waals surface area (Å²) in [7, 11) is 0. The average Bonchev–Trinajstić information content (AvgIpc) is 3.01. The van der Waals surface area contributed by atoms with Gasteiger partial charge in [-0.1, -0.05) is 58.8 Å². The first-order chi connectivity index (χ1) is 20.5. The number of carbonyl (C=O) groups is 2. The van der Waals surface area contributed by atoms with Crippen LogP contribution < -0.4 is 9.47 Å². The van der Waals surface area contributed by atoms with E-state index in [0.29, 0.717) is 28.3 Å². The van der Waals surface area contributed by atoms with Crippen LogP contribution in [-0.2, 0) is 4.74 Å². The van der Waals surface area contributed by atoms with Gasteiger partial charge in [0.1, 0.15) is 11.5 Å². The lowest BCUT2D eigenvalue weighted by molar-refractivity contribution is 0.0319. The van der Waals surface area contributed by atoms with Crippen LogP contribution in [0.25, 0.3) is 0 Å². The van der Waals surface area contributed by atoms with E-state index in [1.807, 2.05) is 31.2 Å². The zero-order valence-electron chi connectivity index (χ0n) is 25.2. The van der Waals surface area contributed by atoms with Crippen LogP contribution in [0.15, 0.2) is 83.0 Å². The lowest BCUT2D eigenvalue weighted by Gasteiger charge is -2.13. The molecule has 0 aliphatic carbocycles. The molecule has 0 saturated carbocycles. The van der Waals surface area contributed by atoms with Gasteiger partial charge in [0.05, 0.1) is 35.2 Å². The van der Waals surface area contributed by atoms with Crippen molar-refractivity contribution in [2.75, 3.05) is 6.61 Å². The van der Waals surface area contributed by atoms with Crippen molar-refractivity contribution in [3.8, 4) is 11.5 Å². The number of unbranched alkanes of at least 4 members (excludes halogenated alkanes) is 7. The van der Waals surface area contributed by atoms with Crippen molar-refractivity contribution in [1.82, 2.24) is 0 Å². The largest absolute Gasteiger partial charge is 0.494 e. The molecule has 0 saturated heterocycles. The minimum atomic E-state index is -0.504. The molecular formula is C35H44N2O5. The van der Waals surface area contributed by atoms with Gasteiger partial charge < -0.3 is 14.2 Å². The van der Waals surface area contributed by atoms with Crippen molar-refractivity contribution in [2.24, 2.45) is 10.2 Å². The molecule has 0 spiro atoms. The second-order valence-corrected chi connectivity index (χ2v) is 10.5. The van der Waals surface area contributed by atoms with Gasteiger partial charge in [0.15, 0.2) is 0 Å². The molecule has 42 heavy (non-hydrogen) atoms. The minimum Gasteiger partial charge on any atom is -0.494 e. The fraction of sp³-hybridized carbons (Fsp3) is 0.429. The summed E-state index contributed by atoms with van der Waals surface area (Å²) in [5, 5.41) is 8.52. The Morgan fingerprint density at radius 2 is 1.12 bits per heavy atom. The third kappa shape index (κ3) is 11.9. The molecule has 7 nitrogen and oxygen atoms in total. The van der Waals surface area contributed by atoms with Crippen LogP contribution >= 0.6 is 0 Å². The van der Waals surface area contributed by atoms with Crippen LogP contribution in [0.1, 0.15) is 106 Å². The molecular weight excluding hydrogens is 528 g/mol. The van der Waals surface area contributed by atoms with Crippen molar-refractivity contribution < 1.29 is 23.8 Å². The highest BCUT2D eigenvalue weighted by Crippen LogP contribution is 2.23. The Bertz CT molecular complexity index is 1240. The summed E-state index contributed by atoms with van der Waals surface area (Å²) in [6, 6.07) is 20.6. The Kier molecular flexibility index (Phi) is 14.3. The third-order valence-corrected chi connectivity index (χ3v) is 6.81. The fourth-order valence-electron chi connectivity index (χ4n) is 4.28. The molecule has 0 aliphatic heterocycles. The first-order valence-electron chi connectivity index (χ1n) is 15.3. The molecule has 3 rings (SSSR count). The first kappa shape index (κ1) is 32.5. The monoisotopic (exact) mass is 572 g/mol. The molecule has 3 aromatic carbocycles. The van der Waals surface area contributed by atoms with E-state index < -0.39 is 5.97 Å². The summed E-state index contributed by atoms with van der Waals surface area (Å²) in [6.07, 6.45) is 11.3. The lowest BCUT2D eigenvalue weighted by atomic mass is 10.1. The molecule has 0 aliphatic rings. The number of ether oxygens (including phenoxy) is 3. The number of azo groups is 1. The van der Waals surface area contributed by atoms with Crippen LogP contribution in [0.2, 0.25) is 0 Å². The summed E-state index contributed by atoms with van der Waals surface area (Å²) in [6.45, 7) is 7.01. The van der Waals surface area contributed by atoms with Gasteiger partial charge in [0.25, 0.3) is 0 Å². The van der Waals surface area contributed by atoms with E-state index in [9.17, 15) is 9.59 Å². The molecule has 0 radical (unpaired) electrons. The average molecular weight is 573 g/mol. The standard InChI is InChI=1S/C35H44N2O5/c1-4-6-8-10-12-26-40-32-24-20-31(21-25-32)37-36-30-18-14-28(15-19-30)35(39)42-33-22-16-29(17-23-33)34(38)41-27(3)13-11-9-7-5-2/h14-25,27H,4-13,26H2,1-3H3/t27-/m0/s1. The smallest absolute Gasteiger partial charge is 0.343 e. The molecule has 3 aromatic rings. The number of nitrogens with zero attached hydrogens (tertiary/aromatic N) is 2. The third-order valence-electron chi connectivity index (χ3n) is 6.81. The van der Waals surface area contributed by atoms with Gasteiger partial charge in [0, 0.05) is 0 Å². The van der Waals surface area contributed by atoms with E-state index in [0.717, 1.165) is 38.0 Å². The highest BCUT2D eigenvalue weighted by molar-refractivity contribution is 5.92. The summed E-state index contributed by atoms with van der Waals surface area (Å²) in [5.41, 5.74) is 2.12. The quantitative estimate of drug-likeness (QED) is 0.0655. The molecule has 0 unspecified atom stereocenters. The highest BCUT2D eigenvalue weighted by atomic mass is 16.5. The maximum absolute atomic E-state index is 12.6. The molecule has 1 atom stereocenters. The van der Waals surface area contributed by atoms with E-state index in [-0.39, 0.29) is 12.1 Å². The van der Waals surface area contributed by atoms with E-state index in [4.69, 9.17) is 14.2 Å². The van der Waals surface area contributed by atoms with E-state index in [1.165, 1.54) is 38.5 Å². The summed E-state index contributed by atoms with van der Waals surface area (Å²) in [4.78, 5) is 25.0. The predicted molar refractivity (Wildman–Crippen MR) is 166 cm³/mol. The molecule has 7 heteroatoms. The maximum Gasteiger partial charge on any atom is 0.343 e. The number of hydrogen-bond acceptors (Lipinski definition) is 7. The maximum atomic E-state index is 12.6. The SMILES string of the molecule is CCCCCCCOc1ccc(N=Nc2ccc(C(=O)Oc3ccc(C(=O)O[C@@H](C)CCCCCC)cc3)cc2)cc1. The topological polar surface area (TPSA) is 86.5 Å². The molecule has 0 N–H and O–H groups in total. The van der Waals surface area contributed by atoms with Crippen molar-refractivity contribution >= 4 is 23.3 Å².